The van der Waals surface area contributed by atoms with Gasteiger partial charge < -0.3 is 15.7 Å². The van der Waals surface area contributed by atoms with Crippen molar-refractivity contribution >= 4 is 0 Å². The van der Waals surface area contributed by atoms with Gasteiger partial charge in [-0.3, -0.25) is 0 Å². The Morgan fingerprint density at radius 2 is 2.06 bits per heavy atom. The van der Waals surface area contributed by atoms with Crippen molar-refractivity contribution in [3.05, 3.63) is 29.8 Å². The van der Waals surface area contributed by atoms with E-state index in [1.807, 2.05) is 18.2 Å². The van der Waals surface area contributed by atoms with E-state index in [1.165, 1.54) is 25.9 Å². The molecule has 1 aliphatic heterocycles. The van der Waals surface area contributed by atoms with E-state index in [2.05, 4.69) is 4.90 Å². The SMILES string of the molecule is NCC(CN1CCCC1)c1cccc(O)c1. The first-order valence-electron chi connectivity index (χ1n) is 6.01. The van der Waals surface area contributed by atoms with Gasteiger partial charge in [0.05, 0.1) is 0 Å². The van der Waals surface area contributed by atoms with Crippen LogP contribution in [0.25, 0.3) is 0 Å². The van der Waals surface area contributed by atoms with Crippen LogP contribution in [0.3, 0.4) is 0 Å². The minimum absolute atomic E-state index is 0.331. The van der Waals surface area contributed by atoms with Crippen LogP contribution in [0.15, 0.2) is 24.3 Å². The van der Waals surface area contributed by atoms with Crippen molar-refractivity contribution in [1.82, 2.24) is 4.90 Å². The van der Waals surface area contributed by atoms with E-state index >= 15 is 0 Å². The first kappa shape index (κ1) is 11.4. The van der Waals surface area contributed by atoms with E-state index in [0.29, 0.717) is 18.2 Å². The molecule has 3 nitrogen and oxygen atoms in total. The number of aromatic hydroxyl groups is 1. The number of benzene rings is 1. The van der Waals surface area contributed by atoms with Gasteiger partial charge in [-0.05, 0) is 43.6 Å². The van der Waals surface area contributed by atoms with Gasteiger partial charge in [0.15, 0.2) is 0 Å². The molecule has 16 heavy (non-hydrogen) atoms. The second-order valence-corrected chi connectivity index (χ2v) is 4.54. The Morgan fingerprint density at radius 3 is 2.69 bits per heavy atom. The quantitative estimate of drug-likeness (QED) is 0.809. The molecular formula is C13H20N2O. The number of phenols is 1. The van der Waals surface area contributed by atoms with Gasteiger partial charge in [-0.15, -0.1) is 0 Å². The van der Waals surface area contributed by atoms with Crippen molar-refractivity contribution in [2.45, 2.75) is 18.8 Å². The Hall–Kier alpha value is -1.06. The number of hydrogen-bond donors (Lipinski definition) is 2. The van der Waals surface area contributed by atoms with Crippen LogP contribution in [-0.2, 0) is 0 Å². The topological polar surface area (TPSA) is 49.5 Å². The zero-order valence-electron chi connectivity index (χ0n) is 9.60. The monoisotopic (exact) mass is 220 g/mol. The third-order valence-electron chi connectivity index (χ3n) is 3.30. The first-order chi connectivity index (χ1) is 7.79. The molecule has 0 spiro atoms. The van der Waals surface area contributed by atoms with E-state index < -0.39 is 0 Å². The van der Waals surface area contributed by atoms with Gasteiger partial charge in [-0.2, -0.15) is 0 Å². The molecule has 2 rings (SSSR count). The van der Waals surface area contributed by atoms with Crippen molar-refractivity contribution in [3.8, 4) is 5.75 Å². The van der Waals surface area contributed by atoms with E-state index in [4.69, 9.17) is 5.73 Å². The molecule has 1 atom stereocenters. The number of nitrogens with two attached hydrogens (primary N) is 1. The average Bonchev–Trinajstić information content (AvgIpc) is 2.78. The third kappa shape index (κ3) is 2.74. The highest BCUT2D eigenvalue weighted by Gasteiger charge is 2.17. The predicted octanol–water partition coefficient (Wildman–Crippen LogP) is 1.53. The summed E-state index contributed by atoms with van der Waals surface area (Å²) in [5, 5.41) is 9.46. The molecule has 0 amide bonds. The van der Waals surface area contributed by atoms with Crippen molar-refractivity contribution in [1.29, 1.82) is 0 Å². The Morgan fingerprint density at radius 1 is 1.31 bits per heavy atom. The molecule has 0 bridgehead atoms. The summed E-state index contributed by atoms with van der Waals surface area (Å²) < 4.78 is 0. The molecule has 0 saturated carbocycles. The zero-order valence-corrected chi connectivity index (χ0v) is 9.60. The molecule has 1 fully saturated rings. The molecule has 1 heterocycles. The predicted molar refractivity (Wildman–Crippen MR) is 65.6 cm³/mol. The molecule has 1 saturated heterocycles. The van der Waals surface area contributed by atoms with Crippen LogP contribution in [-0.4, -0.2) is 36.2 Å². The maximum Gasteiger partial charge on any atom is 0.115 e. The first-order valence-corrected chi connectivity index (χ1v) is 6.01. The molecule has 1 aromatic rings. The number of likely N-dealkylation sites (tertiary alicyclic amines) is 1. The van der Waals surface area contributed by atoms with Crippen LogP contribution >= 0.6 is 0 Å². The largest absolute Gasteiger partial charge is 0.508 e. The van der Waals surface area contributed by atoms with Gasteiger partial charge in [0.25, 0.3) is 0 Å². The highest BCUT2D eigenvalue weighted by atomic mass is 16.3. The van der Waals surface area contributed by atoms with E-state index in [9.17, 15) is 5.11 Å². The Bertz CT molecular complexity index is 334. The van der Waals surface area contributed by atoms with Crippen LogP contribution in [0.4, 0.5) is 0 Å². The van der Waals surface area contributed by atoms with Crippen molar-refractivity contribution < 1.29 is 5.11 Å². The van der Waals surface area contributed by atoms with Crippen LogP contribution < -0.4 is 5.73 Å². The number of phenolic OH excluding ortho intramolecular Hbond substituents is 1. The molecular weight excluding hydrogens is 200 g/mol. The van der Waals surface area contributed by atoms with Crippen LogP contribution in [0.5, 0.6) is 5.75 Å². The van der Waals surface area contributed by atoms with Crippen LogP contribution in [0.2, 0.25) is 0 Å². The summed E-state index contributed by atoms with van der Waals surface area (Å²) in [5.74, 6) is 0.669. The lowest BCUT2D eigenvalue weighted by Crippen LogP contribution is -2.29. The number of nitrogens with zero attached hydrogens (tertiary/aromatic N) is 1. The smallest absolute Gasteiger partial charge is 0.115 e. The van der Waals surface area contributed by atoms with E-state index in [-0.39, 0.29) is 0 Å². The number of hydrogen-bond acceptors (Lipinski definition) is 3. The van der Waals surface area contributed by atoms with Gasteiger partial charge in [0.2, 0.25) is 0 Å². The lowest BCUT2D eigenvalue weighted by atomic mass is 9.98. The van der Waals surface area contributed by atoms with E-state index in [1.54, 1.807) is 6.07 Å². The fourth-order valence-corrected chi connectivity index (χ4v) is 2.37. The number of rotatable bonds is 4. The van der Waals surface area contributed by atoms with Gasteiger partial charge >= 0.3 is 0 Å². The molecule has 1 unspecified atom stereocenters. The Labute approximate surface area is 96.9 Å². The molecule has 88 valence electrons. The average molecular weight is 220 g/mol. The maximum atomic E-state index is 9.46. The summed E-state index contributed by atoms with van der Waals surface area (Å²) in [6.07, 6.45) is 2.61. The molecule has 1 aromatic carbocycles. The zero-order chi connectivity index (χ0) is 11.4. The van der Waals surface area contributed by atoms with Gasteiger partial charge in [-0.1, -0.05) is 12.1 Å². The fraction of sp³-hybridized carbons (Fsp3) is 0.538. The van der Waals surface area contributed by atoms with Gasteiger partial charge in [0.1, 0.15) is 5.75 Å². The minimum atomic E-state index is 0.331. The molecule has 0 radical (unpaired) electrons. The van der Waals surface area contributed by atoms with Crippen molar-refractivity contribution in [3.63, 3.8) is 0 Å². The lowest BCUT2D eigenvalue weighted by Gasteiger charge is -2.22. The molecule has 0 aliphatic carbocycles. The Balaban J connectivity index is 2.03. The van der Waals surface area contributed by atoms with Crippen LogP contribution in [0, 0.1) is 0 Å². The van der Waals surface area contributed by atoms with Crippen molar-refractivity contribution in [2.24, 2.45) is 5.73 Å². The standard InChI is InChI=1S/C13H20N2O/c14-9-12(10-15-6-1-2-7-15)11-4-3-5-13(16)8-11/h3-5,8,12,16H,1-2,6-7,9-10,14H2. The van der Waals surface area contributed by atoms with Gasteiger partial charge in [0, 0.05) is 19.0 Å². The third-order valence-corrected chi connectivity index (χ3v) is 3.30. The summed E-state index contributed by atoms with van der Waals surface area (Å²) in [7, 11) is 0. The summed E-state index contributed by atoms with van der Waals surface area (Å²) in [6.45, 7) is 4.03. The second kappa shape index (κ2) is 5.32. The molecule has 1 aliphatic rings. The highest BCUT2D eigenvalue weighted by molar-refractivity contribution is 5.30. The summed E-state index contributed by atoms with van der Waals surface area (Å²) >= 11 is 0. The molecule has 3 heteroatoms. The molecule has 3 N–H and O–H groups in total. The Kier molecular flexibility index (Phi) is 3.80. The van der Waals surface area contributed by atoms with E-state index in [0.717, 1.165) is 12.1 Å². The fourth-order valence-electron chi connectivity index (χ4n) is 2.37. The summed E-state index contributed by atoms with van der Waals surface area (Å²) in [5.41, 5.74) is 6.97. The molecule has 0 aromatic heterocycles. The summed E-state index contributed by atoms with van der Waals surface area (Å²) in [6, 6.07) is 7.46. The summed E-state index contributed by atoms with van der Waals surface area (Å²) in [4.78, 5) is 2.46. The van der Waals surface area contributed by atoms with Crippen molar-refractivity contribution in [2.75, 3.05) is 26.2 Å². The maximum absolute atomic E-state index is 9.46. The minimum Gasteiger partial charge on any atom is -0.508 e. The highest BCUT2D eigenvalue weighted by Crippen LogP contribution is 2.22. The van der Waals surface area contributed by atoms with Gasteiger partial charge in [-0.25, -0.2) is 0 Å². The normalized spacial score (nSPS) is 18.8. The lowest BCUT2D eigenvalue weighted by molar-refractivity contribution is 0.315. The van der Waals surface area contributed by atoms with Crippen LogP contribution in [0.1, 0.15) is 24.3 Å². The second-order valence-electron chi connectivity index (χ2n) is 4.54.